The van der Waals surface area contributed by atoms with Crippen LogP contribution in [-0.4, -0.2) is 37.1 Å². The molecule has 0 saturated heterocycles. The molecule has 4 rings (SSSR count). The van der Waals surface area contributed by atoms with Gasteiger partial charge in [-0.05, 0) is 36.2 Å². The highest BCUT2D eigenvalue weighted by atomic mass is 16.2. The molecular formula is C24H25N5O. The minimum Gasteiger partial charge on any atom is -0.334 e. The molecule has 30 heavy (non-hydrogen) atoms. The third kappa shape index (κ3) is 4.22. The second kappa shape index (κ2) is 8.45. The Bertz CT molecular complexity index is 1160. The molecule has 6 nitrogen and oxygen atoms in total. The number of aryl methyl sites for hydroxylation is 1. The van der Waals surface area contributed by atoms with Gasteiger partial charge in [-0.25, -0.2) is 0 Å². The van der Waals surface area contributed by atoms with Gasteiger partial charge in [0.1, 0.15) is 0 Å². The van der Waals surface area contributed by atoms with Crippen molar-refractivity contribution in [2.24, 2.45) is 13.0 Å². The topological polar surface area (TPSA) is 63.9 Å². The summed E-state index contributed by atoms with van der Waals surface area (Å²) in [5, 5.41) is 5.21. The van der Waals surface area contributed by atoms with Crippen LogP contribution in [0.25, 0.3) is 22.2 Å². The van der Waals surface area contributed by atoms with Gasteiger partial charge in [-0.15, -0.1) is 0 Å². The van der Waals surface area contributed by atoms with Crippen molar-refractivity contribution in [2.75, 3.05) is 6.54 Å². The molecule has 152 valence electrons. The van der Waals surface area contributed by atoms with E-state index < -0.39 is 0 Å². The second-order valence-electron chi connectivity index (χ2n) is 7.91. The summed E-state index contributed by atoms with van der Waals surface area (Å²) in [6.07, 6.45) is 7.30. The largest absolute Gasteiger partial charge is 0.334 e. The number of amides is 1. The zero-order valence-electron chi connectivity index (χ0n) is 17.5. The average molecular weight is 399 g/mol. The van der Waals surface area contributed by atoms with Crippen LogP contribution in [0.3, 0.4) is 0 Å². The van der Waals surface area contributed by atoms with E-state index in [0.29, 0.717) is 24.6 Å². The minimum atomic E-state index is 0.0200. The summed E-state index contributed by atoms with van der Waals surface area (Å²) in [5.74, 6) is 0.393. The molecule has 0 atom stereocenters. The first-order valence-electron chi connectivity index (χ1n) is 10.1. The summed E-state index contributed by atoms with van der Waals surface area (Å²) in [5.41, 5.74) is 4.43. The molecule has 1 amide bonds. The lowest BCUT2D eigenvalue weighted by atomic mass is 10.0. The van der Waals surface area contributed by atoms with Crippen LogP contribution in [0.2, 0.25) is 0 Å². The van der Waals surface area contributed by atoms with Crippen LogP contribution in [-0.2, 0) is 13.6 Å². The molecule has 0 aliphatic carbocycles. The second-order valence-corrected chi connectivity index (χ2v) is 7.91. The maximum absolute atomic E-state index is 13.2. The van der Waals surface area contributed by atoms with Gasteiger partial charge in [0.2, 0.25) is 0 Å². The van der Waals surface area contributed by atoms with E-state index in [2.05, 4.69) is 28.9 Å². The van der Waals surface area contributed by atoms with Gasteiger partial charge >= 0.3 is 0 Å². The van der Waals surface area contributed by atoms with Crippen molar-refractivity contribution in [1.29, 1.82) is 0 Å². The predicted molar refractivity (Wildman–Crippen MR) is 118 cm³/mol. The number of hydrogen-bond acceptors (Lipinski definition) is 4. The van der Waals surface area contributed by atoms with Crippen LogP contribution in [0.5, 0.6) is 0 Å². The number of carbonyl (C=O) groups excluding carboxylic acids is 1. The number of pyridine rings is 2. The Hall–Kier alpha value is -3.54. The first kappa shape index (κ1) is 19.8. The van der Waals surface area contributed by atoms with Gasteiger partial charge in [-0.2, -0.15) is 5.10 Å². The molecule has 6 heteroatoms. The Kier molecular flexibility index (Phi) is 5.57. The van der Waals surface area contributed by atoms with Crippen LogP contribution < -0.4 is 0 Å². The van der Waals surface area contributed by atoms with E-state index in [4.69, 9.17) is 0 Å². The molecule has 0 spiro atoms. The Morgan fingerprint density at radius 3 is 2.57 bits per heavy atom. The lowest BCUT2D eigenvalue weighted by Crippen LogP contribution is -2.33. The molecular weight excluding hydrogens is 374 g/mol. The van der Waals surface area contributed by atoms with Crippen LogP contribution in [0.15, 0.2) is 67.3 Å². The number of hydrogen-bond donors (Lipinski definition) is 0. The zero-order valence-corrected chi connectivity index (χ0v) is 17.5. The molecule has 1 aromatic carbocycles. The summed E-state index contributed by atoms with van der Waals surface area (Å²) in [6, 6.07) is 13.5. The minimum absolute atomic E-state index is 0.0200. The third-order valence-electron chi connectivity index (χ3n) is 4.94. The number of benzene rings is 1. The van der Waals surface area contributed by atoms with E-state index in [1.54, 1.807) is 17.1 Å². The molecule has 0 N–H and O–H groups in total. The fourth-order valence-corrected chi connectivity index (χ4v) is 3.62. The predicted octanol–water partition coefficient (Wildman–Crippen LogP) is 4.33. The van der Waals surface area contributed by atoms with Crippen LogP contribution in [0.1, 0.15) is 29.8 Å². The Labute approximate surface area is 176 Å². The van der Waals surface area contributed by atoms with Gasteiger partial charge in [0.05, 0.1) is 17.4 Å². The number of nitrogens with zero attached hydrogens (tertiary/aromatic N) is 5. The highest BCUT2D eigenvalue weighted by molar-refractivity contribution is 5.96. The van der Waals surface area contributed by atoms with Crippen molar-refractivity contribution in [3.8, 4) is 11.3 Å². The number of carbonyl (C=O) groups is 1. The van der Waals surface area contributed by atoms with Crippen LogP contribution >= 0.6 is 0 Å². The van der Waals surface area contributed by atoms with Crippen molar-refractivity contribution in [1.82, 2.24) is 24.6 Å². The fourth-order valence-electron chi connectivity index (χ4n) is 3.62. The Balaban J connectivity index is 1.60. The molecule has 3 heterocycles. The third-order valence-corrected chi connectivity index (χ3v) is 4.94. The first-order chi connectivity index (χ1) is 14.5. The maximum atomic E-state index is 13.2. The summed E-state index contributed by atoms with van der Waals surface area (Å²) in [4.78, 5) is 24.0. The van der Waals surface area contributed by atoms with Crippen LogP contribution in [0, 0.1) is 5.92 Å². The van der Waals surface area contributed by atoms with Gasteiger partial charge in [-0.1, -0.05) is 26.0 Å². The SMILES string of the molecule is CC(C)CN(Cc1cnn(C)c1)C(=O)c1ccc(-c2nccc3ncccc23)cc1. The van der Waals surface area contributed by atoms with Crippen LogP contribution in [0.4, 0.5) is 0 Å². The molecule has 0 radical (unpaired) electrons. The lowest BCUT2D eigenvalue weighted by molar-refractivity contribution is 0.0722. The van der Waals surface area contributed by atoms with E-state index >= 15 is 0 Å². The van der Waals surface area contributed by atoms with Gasteiger partial charge in [0.25, 0.3) is 5.91 Å². The molecule has 4 aromatic rings. The number of rotatable bonds is 6. The zero-order chi connectivity index (χ0) is 21.1. The molecule has 0 fully saturated rings. The van der Waals surface area contributed by atoms with Crippen molar-refractivity contribution >= 4 is 16.8 Å². The highest BCUT2D eigenvalue weighted by Crippen LogP contribution is 2.26. The van der Waals surface area contributed by atoms with E-state index in [9.17, 15) is 4.79 Å². The van der Waals surface area contributed by atoms with E-state index in [-0.39, 0.29) is 5.91 Å². The van der Waals surface area contributed by atoms with E-state index in [1.165, 1.54) is 0 Å². The van der Waals surface area contributed by atoms with E-state index in [1.807, 2.05) is 66.8 Å². The normalized spacial score (nSPS) is 11.2. The number of fused-ring (bicyclic) bond motifs is 1. The van der Waals surface area contributed by atoms with Crippen molar-refractivity contribution in [3.05, 3.63) is 78.4 Å². The first-order valence-corrected chi connectivity index (χ1v) is 10.1. The van der Waals surface area contributed by atoms with Crippen molar-refractivity contribution < 1.29 is 4.79 Å². The van der Waals surface area contributed by atoms with Gasteiger partial charge in [0, 0.05) is 60.8 Å². The molecule has 3 aromatic heterocycles. The quantitative estimate of drug-likeness (QED) is 0.484. The van der Waals surface area contributed by atoms with Gasteiger partial charge < -0.3 is 4.90 Å². The fraction of sp³-hybridized carbons (Fsp3) is 0.250. The summed E-state index contributed by atoms with van der Waals surface area (Å²) in [7, 11) is 1.88. The smallest absolute Gasteiger partial charge is 0.254 e. The number of aromatic nitrogens is 4. The Morgan fingerprint density at radius 1 is 1.07 bits per heavy atom. The average Bonchev–Trinajstić information content (AvgIpc) is 3.17. The lowest BCUT2D eigenvalue weighted by Gasteiger charge is -2.24. The van der Waals surface area contributed by atoms with Crippen molar-refractivity contribution in [3.63, 3.8) is 0 Å². The van der Waals surface area contributed by atoms with Gasteiger partial charge in [0.15, 0.2) is 0 Å². The Morgan fingerprint density at radius 2 is 1.87 bits per heavy atom. The van der Waals surface area contributed by atoms with Crippen molar-refractivity contribution in [2.45, 2.75) is 20.4 Å². The summed E-state index contributed by atoms with van der Waals surface area (Å²) in [6.45, 7) is 5.47. The highest BCUT2D eigenvalue weighted by Gasteiger charge is 2.18. The molecule has 0 bridgehead atoms. The standard InChI is InChI=1S/C24H25N5O/c1-17(2)14-29(16-18-13-27-28(3)15-18)24(30)20-8-6-19(7-9-20)23-21-5-4-11-25-22(21)10-12-26-23/h4-13,15,17H,14,16H2,1-3H3. The molecule has 0 aliphatic heterocycles. The molecule has 0 unspecified atom stereocenters. The summed E-state index contributed by atoms with van der Waals surface area (Å²) >= 11 is 0. The molecule has 0 saturated carbocycles. The maximum Gasteiger partial charge on any atom is 0.254 e. The van der Waals surface area contributed by atoms with E-state index in [0.717, 1.165) is 27.7 Å². The summed E-state index contributed by atoms with van der Waals surface area (Å²) < 4.78 is 1.76. The monoisotopic (exact) mass is 399 g/mol. The molecule has 0 aliphatic rings. The van der Waals surface area contributed by atoms with Gasteiger partial charge in [-0.3, -0.25) is 19.4 Å².